The zero-order valence-corrected chi connectivity index (χ0v) is 18.2. The summed E-state index contributed by atoms with van der Waals surface area (Å²) in [5.74, 6) is -1.07. The lowest BCUT2D eigenvalue weighted by Crippen LogP contribution is -2.47. The SMILES string of the molecule is CC(C)(COC(=O)C(C)(C)C)COS(=O)(=O)ON1C(=O)N2CC1CC[C@H]2C(N)=O. The smallest absolute Gasteiger partial charge is 0.421 e. The average Bonchev–Trinajstić information content (AvgIpc) is 2.81. The Morgan fingerprint density at radius 1 is 1.14 bits per heavy atom. The minimum absolute atomic E-state index is 0.0576. The summed E-state index contributed by atoms with van der Waals surface area (Å²) in [5.41, 5.74) is 3.79. The third kappa shape index (κ3) is 5.80. The standard InChI is InChI=1S/C17H29N3O8S/c1-16(2,3)14(22)26-9-17(4,5)10-27-29(24,25)28-20-11-6-7-12(13(18)21)19(8-11)15(20)23/h11-12H,6-10H2,1-5H3,(H2,18,21)/t11?,12-/m0/s1. The van der Waals surface area contributed by atoms with Crippen molar-refractivity contribution < 1.29 is 36.0 Å². The molecule has 2 fully saturated rings. The highest BCUT2D eigenvalue weighted by Gasteiger charge is 2.49. The van der Waals surface area contributed by atoms with Crippen molar-refractivity contribution in [3.05, 3.63) is 0 Å². The molecular formula is C17H29N3O8S. The van der Waals surface area contributed by atoms with E-state index < -0.39 is 51.2 Å². The van der Waals surface area contributed by atoms with Crippen molar-refractivity contribution in [1.82, 2.24) is 9.96 Å². The molecule has 1 unspecified atom stereocenters. The molecule has 2 bridgehead atoms. The number of amides is 3. The van der Waals surface area contributed by atoms with Gasteiger partial charge in [-0.15, -0.1) is 4.28 Å². The van der Waals surface area contributed by atoms with Crippen LogP contribution in [0.1, 0.15) is 47.5 Å². The Hall–Kier alpha value is -1.92. The maximum atomic E-state index is 12.4. The van der Waals surface area contributed by atoms with E-state index in [4.69, 9.17) is 18.9 Å². The summed E-state index contributed by atoms with van der Waals surface area (Å²) in [6.07, 6.45) is 0.707. The van der Waals surface area contributed by atoms with E-state index in [9.17, 15) is 22.8 Å². The first-order chi connectivity index (χ1) is 13.1. The third-order valence-electron chi connectivity index (χ3n) is 4.62. The van der Waals surface area contributed by atoms with Crippen molar-refractivity contribution in [2.24, 2.45) is 16.6 Å². The van der Waals surface area contributed by atoms with Crippen molar-refractivity contribution in [2.45, 2.75) is 59.5 Å². The first kappa shape index (κ1) is 23.4. The van der Waals surface area contributed by atoms with Crippen molar-refractivity contribution >= 4 is 28.3 Å². The Kier molecular flexibility index (Phi) is 6.50. The molecule has 0 saturated carbocycles. The fourth-order valence-corrected chi connectivity index (χ4v) is 3.79. The zero-order valence-electron chi connectivity index (χ0n) is 17.3. The average molecular weight is 435 g/mol. The largest absolute Gasteiger partial charge is 0.465 e. The predicted molar refractivity (Wildman–Crippen MR) is 100 cm³/mol. The number of esters is 1. The van der Waals surface area contributed by atoms with Gasteiger partial charge in [-0.3, -0.25) is 9.59 Å². The van der Waals surface area contributed by atoms with E-state index in [1.54, 1.807) is 34.6 Å². The van der Waals surface area contributed by atoms with Crippen LogP contribution in [-0.4, -0.2) is 68.1 Å². The van der Waals surface area contributed by atoms with Crippen molar-refractivity contribution in [1.29, 1.82) is 0 Å². The molecule has 2 aliphatic heterocycles. The van der Waals surface area contributed by atoms with Crippen molar-refractivity contribution in [3.8, 4) is 0 Å². The van der Waals surface area contributed by atoms with Gasteiger partial charge in [-0.05, 0) is 33.6 Å². The molecule has 29 heavy (non-hydrogen) atoms. The molecule has 0 spiro atoms. The first-order valence-electron chi connectivity index (χ1n) is 9.28. The Morgan fingerprint density at radius 2 is 1.76 bits per heavy atom. The van der Waals surface area contributed by atoms with Crippen molar-refractivity contribution in [3.63, 3.8) is 0 Å². The van der Waals surface area contributed by atoms with Gasteiger partial charge in [0.05, 0.1) is 24.7 Å². The zero-order chi connectivity index (χ0) is 22.2. The second kappa shape index (κ2) is 8.07. The molecule has 2 rings (SSSR count). The topological polar surface area (TPSA) is 146 Å². The van der Waals surface area contributed by atoms with Gasteiger partial charge in [0.25, 0.3) is 0 Å². The molecule has 2 N–H and O–H groups in total. The molecule has 2 atom stereocenters. The Morgan fingerprint density at radius 3 is 2.31 bits per heavy atom. The van der Waals surface area contributed by atoms with E-state index in [1.165, 1.54) is 4.90 Å². The van der Waals surface area contributed by atoms with Crippen LogP contribution in [0.3, 0.4) is 0 Å². The Bertz CT molecular complexity index is 774. The number of nitrogens with two attached hydrogens (primary N) is 1. The van der Waals surface area contributed by atoms with Crippen molar-refractivity contribution in [2.75, 3.05) is 19.8 Å². The van der Waals surface area contributed by atoms with E-state index in [1.807, 2.05) is 0 Å². The molecule has 11 nitrogen and oxygen atoms in total. The highest BCUT2D eigenvalue weighted by molar-refractivity contribution is 7.81. The summed E-state index contributed by atoms with van der Waals surface area (Å²) in [7, 11) is -4.55. The number of hydrogen-bond donors (Lipinski definition) is 1. The summed E-state index contributed by atoms with van der Waals surface area (Å²) in [4.78, 5) is 36.9. The molecule has 3 amide bonds. The number of piperidine rings is 1. The van der Waals surface area contributed by atoms with Crippen LogP contribution in [0.4, 0.5) is 4.79 Å². The molecule has 2 aliphatic rings. The number of hydrogen-bond acceptors (Lipinski definition) is 8. The lowest BCUT2D eigenvalue weighted by molar-refractivity contribution is -0.156. The molecule has 0 aromatic heterocycles. The fraction of sp³-hybridized carbons (Fsp3) is 0.824. The molecule has 0 aromatic rings. The normalized spacial score (nSPS) is 22.7. The molecule has 0 aromatic carbocycles. The van der Waals surface area contributed by atoms with E-state index in [0.717, 1.165) is 0 Å². The van der Waals surface area contributed by atoms with Crippen LogP contribution in [0.5, 0.6) is 0 Å². The number of ether oxygens (including phenoxy) is 1. The molecular weight excluding hydrogens is 406 g/mol. The minimum atomic E-state index is -4.55. The summed E-state index contributed by atoms with van der Waals surface area (Å²) in [5, 5.41) is 0.713. The lowest BCUT2D eigenvalue weighted by Gasteiger charge is -2.27. The molecule has 0 aliphatic carbocycles. The Labute approximate surface area is 170 Å². The van der Waals surface area contributed by atoms with Gasteiger partial charge < -0.3 is 15.4 Å². The first-order valence-corrected chi connectivity index (χ1v) is 10.6. The summed E-state index contributed by atoms with van der Waals surface area (Å²) in [6, 6.07) is -2.05. The molecule has 2 heterocycles. The van der Waals surface area contributed by atoms with Crippen LogP contribution in [0.25, 0.3) is 0 Å². The van der Waals surface area contributed by atoms with Crippen LogP contribution in [0, 0.1) is 10.8 Å². The number of fused-ring (bicyclic) bond motifs is 2. The van der Waals surface area contributed by atoms with Gasteiger partial charge in [0.15, 0.2) is 0 Å². The number of carbonyl (C=O) groups excluding carboxylic acids is 3. The minimum Gasteiger partial charge on any atom is -0.465 e. The van der Waals surface area contributed by atoms with Gasteiger partial charge in [-0.2, -0.15) is 13.5 Å². The predicted octanol–water partition coefficient (Wildman–Crippen LogP) is 0.549. The van der Waals surface area contributed by atoms with Gasteiger partial charge in [0, 0.05) is 12.0 Å². The van der Waals surface area contributed by atoms with Crippen LogP contribution in [0.15, 0.2) is 0 Å². The second-order valence-electron chi connectivity index (χ2n) is 9.15. The number of primary amides is 1. The summed E-state index contributed by atoms with van der Waals surface area (Å²) in [6.45, 7) is 8.21. The third-order valence-corrected chi connectivity index (χ3v) is 5.37. The van der Waals surface area contributed by atoms with Gasteiger partial charge in [-0.25, -0.2) is 8.98 Å². The highest BCUT2D eigenvalue weighted by atomic mass is 32.3. The van der Waals surface area contributed by atoms with Crippen LogP contribution < -0.4 is 5.73 Å². The van der Waals surface area contributed by atoms with Crippen LogP contribution >= 0.6 is 0 Å². The lowest BCUT2D eigenvalue weighted by atomic mass is 9.95. The molecule has 166 valence electrons. The van der Waals surface area contributed by atoms with Crippen LogP contribution in [-0.2, 0) is 33.2 Å². The Balaban J connectivity index is 1.92. The van der Waals surface area contributed by atoms with E-state index in [-0.39, 0.29) is 19.8 Å². The maximum Gasteiger partial charge on any atom is 0.421 e. The van der Waals surface area contributed by atoms with Gasteiger partial charge >= 0.3 is 22.4 Å². The number of urea groups is 1. The second-order valence-corrected chi connectivity index (χ2v) is 10.3. The molecule has 2 saturated heterocycles. The number of carbonyl (C=O) groups is 3. The van der Waals surface area contributed by atoms with E-state index in [2.05, 4.69) is 0 Å². The number of rotatable bonds is 8. The van der Waals surface area contributed by atoms with Crippen LogP contribution in [0.2, 0.25) is 0 Å². The molecule has 12 heteroatoms. The van der Waals surface area contributed by atoms with Gasteiger partial charge in [0.1, 0.15) is 6.04 Å². The van der Waals surface area contributed by atoms with Gasteiger partial charge in [-0.1, -0.05) is 13.8 Å². The van der Waals surface area contributed by atoms with E-state index in [0.29, 0.717) is 17.9 Å². The molecule has 0 radical (unpaired) electrons. The van der Waals surface area contributed by atoms with E-state index >= 15 is 0 Å². The summed E-state index contributed by atoms with van der Waals surface area (Å²) >= 11 is 0. The highest BCUT2D eigenvalue weighted by Crippen LogP contribution is 2.31. The fourth-order valence-electron chi connectivity index (χ4n) is 2.90. The monoisotopic (exact) mass is 435 g/mol. The quantitative estimate of drug-likeness (QED) is 0.544. The summed E-state index contributed by atoms with van der Waals surface area (Å²) < 4.78 is 39.4. The number of hydroxylamine groups is 2. The van der Waals surface area contributed by atoms with Gasteiger partial charge in [0.2, 0.25) is 5.91 Å². The maximum absolute atomic E-state index is 12.4. The number of nitrogens with zero attached hydrogens (tertiary/aromatic N) is 2.